The van der Waals surface area contributed by atoms with E-state index in [2.05, 4.69) is 10.6 Å². The Kier molecular flexibility index (Phi) is 4.39. The number of rotatable bonds is 4. The van der Waals surface area contributed by atoms with Crippen molar-refractivity contribution in [3.8, 4) is 0 Å². The number of nitrogens with one attached hydrogen (secondary N) is 2. The predicted molar refractivity (Wildman–Crippen MR) is 75.3 cm³/mol. The van der Waals surface area contributed by atoms with Crippen molar-refractivity contribution in [1.29, 1.82) is 0 Å². The first-order valence-electron chi connectivity index (χ1n) is 6.66. The molecular weight excluding hydrogens is 242 g/mol. The van der Waals surface area contributed by atoms with Gasteiger partial charge < -0.3 is 15.5 Å². The second kappa shape index (κ2) is 6.22. The quantitative estimate of drug-likeness (QED) is 0.874. The monoisotopic (exact) mass is 261 g/mol. The van der Waals surface area contributed by atoms with Crippen LogP contribution in [0.3, 0.4) is 0 Å². The summed E-state index contributed by atoms with van der Waals surface area (Å²) >= 11 is 0. The van der Waals surface area contributed by atoms with Gasteiger partial charge in [-0.25, -0.2) is 4.79 Å². The van der Waals surface area contributed by atoms with Crippen molar-refractivity contribution in [2.75, 3.05) is 23.3 Å². The van der Waals surface area contributed by atoms with Crippen LogP contribution in [-0.2, 0) is 4.79 Å². The molecule has 0 bridgehead atoms. The Bertz CT molecular complexity index is 456. The number of carbonyl (C=O) groups excluding carboxylic acids is 2. The average molecular weight is 261 g/mol. The Morgan fingerprint density at radius 3 is 2.63 bits per heavy atom. The lowest BCUT2D eigenvalue weighted by atomic mass is 10.2. The minimum Gasteiger partial charge on any atom is -0.338 e. The van der Waals surface area contributed by atoms with Gasteiger partial charge in [0.15, 0.2) is 0 Å². The summed E-state index contributed by atoms with van der Waals surface area (Å²) < 4.78 is 0. The zero-order valence-corrected chi connectivity index (χ0v) is 11.1. The van der Waals surface area contributed by atoms with Gasteiger partial charge in [-0.1, -0.05) is 6.92 Å². The molecule has 5 nitrogen and oxygen atoms in total. The van der Waals surface area contributed by atoms with Crippen LogP contribution in [0.15, 0.2) is 24.3 Å². The predicted octanol–water partition coefficient (Wildman–Crippen LogP) is 2.34. The third-order valence-electron chi connectivity index (χ3n) is 3.05. The molecule has 0 saturated carbocycles. The largest absolute Gasteiger partial charge is 0.338 e. The molecule has 1 aromatic rings. The van der Waals surface area contributed by atoms with Crippen molar-refractivity contribution in [3.05, 3.63) is 24.3 Å². The zero-order valence-electron chi connectivity index (χ0n) is 11.1. The molecule has 3 amide bonds. The second-order valence-electron chi connectivity index (χ2n) is 4.58. The number of carbonyl (C=O) groups is 2. The molecule has 0 radical (unpaired) electrons. The molecule has 1 aliphatic rings. The van der Waals surface area contributed by atoms with E-state index in [0.29, 0.717) is 13.0 Å². The lowest BCUT2D eigenvalue weighted by Gasteiger charge is -2.16. The van der Waals surface area contributed by atoms with Gasteiger partial charge >= 0.3 is 6.03 Å². The van der Waals surface area contributed by atoms with E-state index < -0.39 is 0 Å². The molecule has 2 N–H and O–H groups in total. The van der Waals surface area contributed by atoms with Crippen molar-refractivity contribution < 1.29 is 9.59 Å². The van der Waals surface area contributed by atoms with Gasteiger partial charge in [-0.15, -0.1) is 0 Å². The molecule has 1 saturated heterocycles. The Hall–Kier alpha value is -2.04. The number of hydrogen-bond acceptors (Lipinski definition) is 2. The van der Waals surface area contributed by atoms with Crippen molar-refractivity contribution in [2.24, 2.45) is 0 Å². The summed E-state index contributed by atoms with van der Waals surface area (Å²) in [6.07, 6.45) is 2.45. The smallest absolute Gasteiger partial charge is 0.319 e. The molecule has 1 fully saturated rings. The number of benzene rings is 1. The molecular formula is C14H19N3O2. The first-order valence-corrected chi connectivity index (χ1v) is 6.66. The van der Waals surface area contributed by atoms with E-state index in [1.807, 2.05) is 31.2 Å². The molecule has 0 spiro atoms. The van der Waals surface area contributed by atoms with Gasteiger partial charge in [-0.05, 0) is 37.1 Å². The highest BCUT2D eigenvalue weighted by atomic mass is 16.2. The van der Waals surface area contributed by atoms with Crippen LogP contribution in [0.5, 0.6) is 0 Å². The normalized spacial score (nSPS) is 14.6. The fourth-order valence-electron chi connectivity index (χ4n) is 2.06. The first kappa shape index (κ1) is 13.4. The Morgan fingerprint density at radius 2 is 2.05 bits per heavy atom. The Morgan fingerprint density at radius 1 is 1.32 bits per heavy atom. The molecule has 5 heteroatoms. The summed E-state index contributed by atoms with van der Waals surface area (Å²) in [5.74, 6) is 0.168. The molecule has 0 aliphatic carbocycles. The molecule has 1 aliphatic heterocycles. The van der Waals surface area contributed by atoms with Crippen LogP contribution >= 0.6 is 0 Å². The van der Waals surface area contributed by atoms with Crippen molar-refractivity contribution in [1.82, 2.24) is 5.32 Å². The van der Waals surface area contributed by atoms with E-state index in [9.17, 15) is 9.59 Å². The number of urea groups is 1. The highest BCUT2D eigenvalue weighted by Gasteiger charge is 2.21. The maximum absolute atomic E-state index is 11.6. The molecule has 2 rings (SSSR count). The minimum absolute atomic E-state index is 0.168. The summed E-state index contributed by atoms with van der Waals surface area (Å²) in [6.45, 7) is 3.44. The highest BCUT2D eigenvalue weighted by Crippen LogP contribution is 2.22. The minimum atomic E-state index is -0.202. The van der Waals surface area contributed by atoms with Gasteiger partial charge in [-0.2, -0.15) is 0 Å². The number of amides is 3. The third-order valence-corrected chi connectivity index (χ3v) is 3.05. The molecule has 1 heterocycles. The second-order valence-corrected chi connectivity index (χ2v) is 4.58. The van der Waals surface area contributed by atoms with Crippen LogP contribution in [-0.4, -0.2) is 25.0 Å². The summed E-state index contributed by atoms with van der Waals surface area (Å²) in [6, 6.07) is 7.14. The van der Waals surface area contributed by atoms with Crippen molar-refractivity contribution >= 4 is 23.3 Å². The van der Waals surface area contributed by atoms with E-state index >= 15 is 0 Å². The van der Waals surface area contributed by atoms with Crippen LogP contribution in [0.1, 0.15) is 26.2 Å². The fraction of sp³-hybridized carbons (Fsp3) is 0.429. The van der Waals surface area contributed by atoms with Gasteiger partial charge in [0.05, 0.1) is 0 Å². The number of nitrogens with zero attached hydrogens (tertiary/aromatic N) is 1. The lowest BCUT2D eigenvalue weighted by Crippen LogP contribution is -2.29. The molecule has 0 atom stereocenters. The number of hydrogen-bond donors (Lipinski definition) is 2. The van der Waals surface area contributed by atoms with E-state index in [1.165, 1.54) is 0 Å². The SMILES string of the molecule is CCCNC(=O)Nc1ccc(N2CCCC2=O)cc1. The average Bonchev–Trinajstić information content (AvgIpc) is 2.83. The summed E-state index contributed by atoms with van der Waals surface area (Å²) in [7, 11) is 0. The van der Waals surface area contributed by atoms with E-state index in [4.69, 9.17) is 0 Å². The summed E-state index contributed by atoms with van der Waals surface area (Å²) in [4.78, 5) is 24.9. The lowest BCUT2D eigenvalue weighted by molar-refractivity contribution is -0.117. The maximum atomic E-state index is 11.6. The van der Waals surface area contributed by atoms with E-state index in [1.54, 1.807) is 4.90 Å². The molecule has 19 heavy (non-hydrogen) atoms. The topological polar surface area (TPSA) is 61.4 Å². The van der Waals surface area contributed by atoms with Crippen LogP contribution in [0.25, 0.3) is 0 Å². The van der Waals surface area contributed by atoms with Gasteiger partial charge in [-0.3, -0.25) is 4.79 Å². The third kappa shape index (κ3) is 3.47. The molecule has 0 unspecified atom stereocenters. The van der Waals surface area contributed by atoms with Gasteiger partial charge in [0.25, 0.3) is 0 Å². The Balaban J connectivity index is 1.94. The van der Waals surface area contributed by atoms with Crippen molar-refractivity contribution in [3.63, 3.8) is 0 Å². The maximum Gasteiger partial charge on any atom is 0.319 e. The zero-order chi connectivity index (χ0) is 13.7. The van der Waals surface area contributed by atoms with Crippen LogP contribution in [0.4, 0.5) is 16.2 Å². The fourth-order valence-corrected chi connectivity index (χ4v) is 2.06. The molecule has 0 aromatic heterocycles. The van der Waals surface area contributed by atoms with Gasteiger partial charge in [0.2, 0.25) is 5.91 Å². The van der Waals surface area contributed by atoms with E-state index in [-0.39, 0.29) is 11.9 Å². The van der Waals surface area contributed by atoms with Gasteiger partial charge in [0, 0.05) is 30.9 Å². The molecule has 1 aromatic carbocycles. The van der Waals surface area contributed by atoms with Crippen LogP contribution < -0.4 is 15.5 Å². The Labute approximate surface area is 113 Å². The van der Waals surface area contributed by atoms with Crippen LogP contribution in [0, 0.1) is 0 Å². The summed E-state index contributed by atoms with van der Waals surface area (Å²) in [5, 5.41) is 5.50. The van der Waals surface area contributed by atoms with Crippen molar-refractivity contribution in [2.45, 2.75) is 26.2 Å². The van der Waals surface area contributed by atoms with Gasteiger partial charge in [0.1, 0.15) is 0 Å². The first-order chi connectivity index (χ1) is 9.20. The number of anilines is 2. The highest BCUT2D eigenvalue weighted by molar-refractivity contribution is 5.96. The van der Waals surface area contributed by atoms with Crippen LogP contribution in [0.2, 0.25) is 0 Å². The summed E-state index contributed by atoms with van der Waals surface area (Å²) in [5.41, 5.74) is 1.62. The van der Waals surface area contributed by atoms with E-state index in [0.717, 1.165) is 30.8 Å². The standard InChI is InChI=1S/C14H19N3O2/c1-2-9-15-14(19)16-11-5-7-12(8-6-11)17-10-3-4-13(17)18/h5-8H,2-4,9-10H2,1H3,(H2,15,16,19). The molecule has 102 valence electrons.